The number of thioether (sulfide) groups is 2. The molecule has 0 saturated carbocycles. The summed E-state index contributed by atoms with van der Waals surface area (Å²) >= 11 is 3.02. The largest absolute Gasteiger partial charge is 0.352 e. The van der Waals surface area contributed by atoms with Crippen LogP contribution in [0.5, 0.6) is 0 Å². The molecule has 0 aliphatic carbocycles. The molecular formula is C18H21N7O2S2. The van der Waals surface area contributed by atoms with Crippen molar-refractivity contribution in [3.8, 4) is 0 Å². The number of hydrogen-bond donors (Lipinski definition) is 2. The third kappa shape index (κ3) is 4.70. The number of urea groups is 1. The quantitative estimate of drug-likeness (QED) is 0.211. The summed E-state index contributed by atoms with van der Waals surface area (Å²) in [6, 6.07) is 8.77. The molecule has 2 amide bonds. The molecule has 2 aromatic heterocycles. The molecule has 0 unspecified atom stereocenters. The van der Waals surface area contributed by atoms with Crippen LogP contribution in [-0.2, 0) is 5.75 Å². The van der Waals surface area contributed by atoms with Crippen LogP contribution in [0.15, 0.2) is 46.0 Å². The zero-order valence-corrected chi connectivity index (χ0v) is 17.8. The highest BCUT2D eigenvalue weighted by molar-refractivity contribution is 8.38. The second-order valence-corrected chi connectivity index (χ2v) is 8.09. The van der Waals surface area contributed by atoms with E-state index < -0.39 is 6.03 Å². The van der Waals surface area contributed by atoms with Crippen molar-refractivity contribution >= 4 is 56.5 Å². The zero-order chi connectivity index (χ0) is 21.0. The fourth-order valence-electron chi connectivity index (χ4n) is 2.58. The van der Waals surface area contributed by atoms with Gasteiger partial charge in [0.1, 0.15) is 4.38 Å². The minimum Gasteiger partial charge on any atom is -0.334 e. The van der Waals surface area contributed by atoms with E-state index in [4.69, 9.17) is 16.2 Å². The minimum atomic E-state index is -0.512. The Balaban J connectivity index is 1.85. The lowest BCUT2D eigenvalue weighted by Crippen LogP contribution is -2.49. The number of hydrazine groups is 2. The molecule has 4 N–H and O–H groups in total. The van der Waals surface area contributed by atoms with Crippen LogP contribution in [0.25, 0.3) is 11.1 Å². The number of pyridine rings is 1. The van der Waals surface area contributed by atoms with E-state index in [1.165, 1.54) is 30.6 Å². The van der Waals surface area contributed by atoms with Crippen molar-refractivity contribution in [2.75, 3.05) is 18.3 Å². The molecule has 0 radical (unpaired) electrons. The summed E-state index contributed by atoms with van der Waals surface area (Å²) in [5.41, 5.74) is 2.97. The summed E-state index contributed by atoms with van der Waals surface area (Å²) in [6.07, 6.45) is 3.58. The third-order valence-electron chi connectivity index (χ3n) is 4.10. The van der Waals surface area contributed by atoms with E-state index in [2.05, 4.69) is 15.1 Å². The van der Waals surface area contributed by atoms with Crippen molar-refractivity contribution in [1.29, 1.82) is 0 Å². The summed E-state index contributed by atoms with van der Waals surface area (Å²) in [6.45, 7) is 1.97. The van der Waals surface area contributed by atoms with Crippen molar-refractivity contribution in [1.82, 2.24) is 15.1 Å². The number of amides is 2. The van der Waals surface area contributed by atoms with Crippen molar-refractivity contribution < 1.29 is 9.32 Å². The van der Waals surface area contributed by atoms with Gasteiger partial charge in [-0.25, -0.2) is 31.5 Å². The van der Waals surface area contributed by atoms with Crippen molar-refractivity contribution in [2.24, 2.45) is 16.7 Å². The highest BCUT2D eigenvalue weighted by Gasteiger charge is 2.19. The number of nitrogens with two attached hydrogens (primary N) is 2. The number of aryl methyl sites for hydroxylation is 1. The SMILES string of the molecule is CS/C(=N/c1noc2ncccc12)SCc1c(C)cccc1N(N)C(=O)N(C)N. The number of hydrogen-bond acceptors (Lipinski definition) is 9. The molecule has 11 heteroatoms. The summed E-state index contributed by atoms with van der Waals surface area (Å²) in [5.74, 6) is 12.6. The first-order chi connectivity index (χ1) is 13.9. The van der Waals surface area contributed by atoms with Crippen LogP contribution in [0.3, 0.4) is 0 Å². The van der Waals surface area contributed by atoms with Gasteiger partial charge in [-0.15, -0.1) is 11.8 Å². The van der Waals surface area contributed by atoms with E-state index in [1.54, 1.807) is 12.3 Å². The molecule has 3 rings (SSSR count). The molecule has 0 fully saturated rings. The first-order valence-corrected chi connectivity index (χ1v) is 10.7. The predicted octanol–water partition coefficient (Wildman–Crippen LogP) is 3.42. The van der Waals surface area contributed by atoms with Gasteiger partial charge in [0.15, 0.2) is 0 Å². The van der Waals surface area contributed by atoms with Crippen LogP contribution in [0.2, 0.25) is 0 Å². The van der Waals surface area contributed by atoms with E-state index in [0.717, 1.165) is 30.9 Å². The molecule has 2 heterocycles. The maximum atomic E-state index is 12.2. The standard InChI is InChI=1S/C18H21N7O2S2/c1-11-6-4-8-14(25(20)18(26)24(2)19)13(11)10-29-17(28-3)22-15-12-7-5-9-21-16(12)27-23-15/h4-9H,10,19-20H2,1-3H3/b22-17-. The number of fused-ring (bicyclic) bond motifs is 1. The Morgan fingerprint density at radius 3 is 2.79 bits per heavy atom. The van der Waals surface area contributed by atoms with Gasteiger partial charge in [0.05, 0.1) is 11.1 Å². The molecule has 152 valence electrons. The minimum absolute atomic E-state index is 0.445. The fourth-order valence-corrected chi connectivity index (χ4v) is 4.20. The Hall–Kier alpha value is -2.60. The molecule has 0 aliphatic heterocycles. The molecule has 0 atom stereocenters. The molecule has 1 aromatic carbocycles. The van der Waals surface area contributed by atoms with Crippen LogP contribution < -0.4 is 16.7 Å². The number of anilines is 1. The van der Waals surface area contributed by atoms with Crippen molar-refractivity contribution in [3.63, 3.8) is 0 Å². The first kappa shape index (κ1) is 21.1. The van der Waals surface area contributed by atoms with Gasteiger partial charge in [0.2, 0.25) is 5.82 Å². The lowest BCUT2D eigenvalue weighted by Gasteiger charge is -2.24. The van der Waals surface area contributed by atoms with Gasteiger partial charge in [-0.05, 0) is 42.5 Å². The number of rotatable bonds is 4. The number of aromatic nitrogens is 2. The molecule has 0 saturated heterocycles. The van der Waals surface area contributed by atoms with Crippen LogP contribution >= 0.6 is 23.5 Å². The number of benzene rings is 1. The fraction of sp³-hybridized carbons (Fsp3) is 0.222. The van der Waals surface area contributed by atoms with E-state index in [0.29, 0.717) is 23.0 Å². The van der Waals surface area contributed by atoms with Gasteiger partial charge in [0.25, 0.3) is 5.71 Å². The Morgan fingerprint density at radius 1 is 1.28 bits per heavy atom. The van der Waals surface area contributed by atoms with Crippen LogP contribution in [0.1, 0.15) is 11.1 Å². The maximum absolute atomic E-state index is 12.2. The molecule has 29 heavy (non-hydrogen) atoms. The van der Waals surface area contributed by atoms with E-state index in [-0.39, 0.29) is 0 Å². The van der Waals surface area contributed by atoms with Gasteiger partial charge in [0, 0.05) is 19.0 Å². The number of nitrogens with zero attached hydrogens (tertiary/aromatic N) is 5. The zero-order valence-electron chi connectivity index (χ0n) is 16.2. The Bertz CT molecular complexity index is 1050. The van der Waals surface area contributed by atoms with Gasteiger partial charge >= 0.3 is 6.03 Å². The maximum Gasteiger partial charge on any atom is 0.352 e. The topological polar surface area (TPSA) is 127 Å². The Kier molecular flexibility index (Phi) is 6.75. The monoisotopic (exact) mass is 431 g/mol. The molecular weight excluding hydrogens is 410 g/mol. The normalized spacial score (nSPS) is 11.7. The van der Waals surface area contributed by atoms with E-state index in [1.807, 2.05) is 37.4 Å². The second-order valence-electron chi connectivity index (χ2n) is 6.07. The Morgan fingerprint density at radius 2 is 2.07 bits per heavy atom. The number of carbonyl (C=O) groups excluding carboxylic acids is 1. The summed E-state index contributed by atoms with van der Waals surface area (Å²) < 4.78 is 6.01. The predicted molar refractivity (Wildman–Crippen MR) is 119 cm³/mol. The highest BCUT2D eigenvalue weighted by atomic mass is 32.2. The third-order valence-corrected chi connectivity index (χ3v) is 6.16. The molecule has 0 spiro atoms. The van der Waals surface area contributed by atoms with E-state index >= 15 is 0 Å². The second kappa shape index (κ2) is 9.27. The van der Waals surface area contributed by atoms with Gasteiger partial charge in [-0.2, -0.15) is 0 Å². The van der Waals surface area contributed by atoms with Crippen molar-refractivity contribution in [2.45, 2.75) is 12.7 Å². The van der Waals surface area contributed by atoms with Crippen LogP contribution in [0.4, 0.5) is 16.3 Å². The first-order valence-electron chi connectivity index (χ1n) is 8.54. The van der Waals surface area contributed by atoms with Gasteiger partial charge < -0.3 is 4.52 Å². The average Bonchev–Trinajstić information content (AvgIpc) is 3.13. The van der Waals surface area contributed by atoms with Gasteiger partial charge in [-0.3, -0.25) is 5.01 Å². The summed E-state index contributed by atoms with van der Waals surface area (Å²) in [4.78, 5) is 20.9. The highest BCUT2D eigenvalue weighted by Crippen LogP contribution is 2.31. The summed E-state index contributed by atoms with van der Waals surface area (Å²) in [7, 11) is 1.45. The van der Waals surface area contributed by atoms with Crippen molar-refractivity contribution in [3.05, 3.63) is 47.7 Å². The van der Waals surface area contributed by atoms with E-state index in [9.17, 15) is 4.79 Å². The number of aliphatic imine (C=N–C) groups is 1. The van der Waals surface area contributed by atoms with Crippen LogP contribution in [0, 0.1) is 6.92 Å². The Labute approximate surface area is 176 Å². The molecule has 0 bridgehead atoms. The molecule has 3 aromatic rings. The molecule has 9 nitrogen and oxygen atoms in total. The average molecular weight is 432 g/mol. The van der Waals surface area contributed by atoms with Crippen LogP contribution in [-0.4, -0.2) is 38.9 Å². The summed E-state index contributed by atoms with van der Waals surface area (Å²) in [5, 5.41) is 6.74. The molecule has 0 aliphatic rings. The number of carbonyl (C=O) groups is 1. The van der Waals surface area contributed by atoms with Gasteiger partial charge in [-0.1, -0.05) is 29.1 Å². The lowest BCUT2D eigenvalue weighted by atomic mass is 10.1. The lowest BCUT2D eigenvalue weighted by molar-refractivity contribution is 0.216. The smallest absolute Gasteiger partial charge is 0.334 e.